The third kappa shape index (κ3) is 2.87. The van der Waals surface area contributed by atoms with Gasteiger partial charge in [0.1, 0.15) is 5.82 Å². The molecule has 3 aromatic carbocycles. The summed E-state index contributed by atoms with van der Waals surface area (Å²) in [4.78, 5) is 4.53. The highest BCUT2D eigenvalue weighted by Crippen LogP contribution is 2.29. The third-order valence-electron chi connectivity index (χ3n) is 4.59. The van der Waals surface area contributed by atoms with Gasteiger partial charge in [0.05, 0.1) is 0 Å². The van der Waals surface area contributed by atoms with Crippen molar-refractivity contribution in [2.75, 3.05) is 0 Å². The number of aryl methyl sites for hydroxylation is 2. The van der Waals surface area contributed by atoms with Gasteiger partial charge >= 0.3 is 0 Å². The summed E-state index contributed by atoms with van der Waals surface area (Å²) in [6.07, 6.45) is 3.86. The van der Waals surface area contributed by atoms with Crippen molar-refractivity contribution in [1.82, 2.24) is 9.55 Å². The molecular weight excluding hydrogens is 304 g/mol. The first-order chi connectivity index (χ1) is 12.2. The third-order valence-corrected chi connectivity index (χ3v) is 4.59. The fourth-order valence-electron chi connectivity index (χ4n) is 3.37. The van der Waals surface area contributed by atoms with E-state index in [2.05, 4.69) is 78.0 Å². The van der Waals surface area contributed by atoms with Gasteiger partial charge in [-0.15, -0.1) is 0 Å². The Balaban J connectivity index is 1.74. The summed E-state index contributed by atoms with van der Waals surface area (Å²) in [6, 6.07) is 25.4. The largest absolute Gasteiger partial charge is 0.300 e. The molecule has 0 N–H and O–H groups in total. The molecule has 2 nitrogen and oxygen atoms in total. The molecule has 0 saturated heterocycles. The Morgan fingerprint density at radius 2 is 1.36 bits per heavy atom. The molecule has 4 rings (SSSR count). The van der Waals surface area contributed by atoms with Crippen molar-refractivity contribution < 1.29 is 0 Å². The molecule has 2 heteroatoms. The van der Waals surface area contributed by atoms with Crippen LogP contribution in [-0.2, 0) is 0 Å². The fourth-order valence-corrected chi connectivity index (χ4v) is 3.37. The molecule has 0 aliphatic heterocycles. The topological polar surface area (TPSA) is 17.8 Å². The standard InChI is InChI=1S/C23H20N2/c1-17-7-6-8-18(2)22(17)19-11-13-21(14-12-19)25-16-15-24-23(25)20-9-4-3-5-10-20/h3-16H,1-2H3. The molecule has 0 atom stereocenters. The Morgan fingerprint density at radius 3 is 2.04 bits per heavy atom. The van der Waals surface area contributed by atoms with Gasteiger partial charge in [-0.05, 0) is 48.2 Å². The van der Waals surface area contributed by atoms with Crippen molar-refractivity contribution in [2.24, 2.45) is 0 Å². The van der Waals surface area contributed by atoms with Gasteiger partial charge in [0, 0.05) is 23.6 Å². The van der Waals surface area contributed by atoms with Gasteiger partial charge in [-0.1, -0.05) is 60.7 Å². The molecule has 0 unspecified atom stereocenters. The molecule has 0 radical (unpaired) electrons. The zero-order chi connectivity index (χ0) is 17.2. The van der Waals surface area contributed by atoms with Gasteiger partial charge in [-0.2, -0.15) is 0 Å². The summed E-state index contributed by atoms with van der Waals surface area (Å²) in [5, 5.41) is 0. The van der Waals surface area contributed by atoms with Crippen molar-refractivity contribution in [3.63, 3.8) is 0 Å². The van der Waals surface area contributed by atoms with Crippen LogP contribution in [0.3, 0.4) is 0 Å². The minimum Gasteiger partial charge on any atom is -0.300 e. The van der Waals surface area contributed by atoms with Crippen LogP contribution in [0.25, 0.3) is 28.2 Å². The first-order valence-corrected chi connectivity index (χ1v) is 8.50. The van der Waals surface area contributed by atoms with Crippen LogP contribution in [0, 0.1) is 13.8 Å². The van der Waals surface area contributed by atoms with E-state index in [1.54, 1.807) is 0 Å². The molecule has 0 fully saturated rings. The van der Waals surface area contributed by atoms with E-state index in [1.807, 2.05) is 30.6 Å². The number of nitrogens with zero attached hydrogens (tertiary/aromatic N) is 2. The molecular formula is C23H20N2. The van der Waals surface area contributed by atoms with Crippen molar-refractivity contribution in [3.8, 4) is 28.2 Å². The van der Waals surface area contributed by atoms with Crippen LogP contribution in [0.5, 0.6) is 0 Å². The van der Waals surface area contributed by atoms with Crippen LogP contribution in [0.1, 0.15) is 11.1 Å². The van der Waals surface area contributed by atoms with Crippen molar-refractivity contribution in [1.29, 1.82) is 0 Å². The highest BCUT2D eigenvalue weighted by Gasteiger charge is 2.09. The predicted octanol–water partition coefficient (Wildman–Crippen LogP) is 5.82. The van der Waals surface area contributed by atoms with E-state index in [0.717, 1.165) is 17.1 Å². The van der Waals surface area contributed by atoms with Crippen LogP contribution in [0.15, 0.2) is 85.2 Å². The monoisotopic (exact) mass is 324 g/mol. The Labute approximate surface area is 148 Å². The first-order valence-electron chi connectivity index (χ1n) is 8.50. The summed E-state index contributed by atoms with van der Waals surface area (Å²) < 4.78 is 2.13. The lowest BCUT2D eigenvalue weighted by atomic mass is 9.96. The van der Waals surface area contributed by atoms with E-state index >= 15 is 0 Å². The summed E-state index contributed by atoms with van der Waals surface area (Å²) in [7, 11) is 0. The molecule has 1 heterocycles. The van der Waals surface area contributed by atoms with Gasteiger partial charge in [0.25, 0.3) is 0 Å². The lowest BCUT2D eigenvalue weighted by Gasteiger charge is -2.12. The minimum absolute atomic E-state index is 0.959. The zero-order valence-electron chi connectivity index (χ0n) is 14.5. The van der Waals surface area contributed by atoms with Crippen molar-refractivity contribution in [2.45, 2.75) is 13.8 Å². The number of imidazole rings is 1. The van der Waals surface area contributed by atoms with E-state index in [0.29, 0.717) is 0 Å². The van der Waals surface area contributed by atoms with E-state index < -0.39 is 0 Å². The van der Waals surface area contributed by atoms with Gasteiger partial charge < -0.3 is 0 Å². The average molecular weight is 324 g/mol. The maximum atomic E-state index is 4.53. The second kappa shape index (κ2) is 6.40. The molecule has 25 heavy (non-hydrogen) atoms. The normalized spacial score (nSPS) is 10.8. The van der Waals surface area contributed by atoms with Gasteiger partial charge in [0.2, 0.25) is 0 Å². The number of hydrogen-bond donors (Lipinski definition) is 0. The summed E-state index contributed by atoms with van der Waals surface area (Å²) in [5.74, 6) is 0.959. The van der Waals surface area contributed by atoms with Crippen LogP contribution >= 0.6 is 0 Å². The Bertz CT molecular complexity index is 976. The SMILES string of the molecule is Cc1cccc(C)c1-c1ccc(-n2ccnc2-c2ccccc2)cc1. The molecule has 1 aromatic heterocycles. The smallest absolute Gasteiger partial charge is 0.144 e. The van der Waals surface area contributed by atoms with Crippen LogP contribution < -0.4 is 0 Å². The molecule has 0 aliphatic rings. The molecule has 0 spiro atoms. The Kier molecular flexibility index (Phi) is 3.95. The van der Waals surface area contributed by atoms with Gasteiger partial charge in [-0.25, -0.2) is 4.98 Å². The minimum atomic E-state index is 0.959. The molecule has 4 aromatic rings. The van der Waals surface area contributed by atoms with E-state index in [4.69, 9.17) is 0 Å². The predicted molar refractivity (Wildman–Crippen MR) is 104 cm³/mol. The molecule has 0 aliphatic carbocycles. The first kappa shape index (κ1) is 15.4. The second-order valence-corrected chi connectivity index (χ2v) is 6.30. The van der Waals surface area contributed by atoms with Crippen LogP contribution in [-0.4, -0.2) is 9.55 Å². The summed E-state index contributed by atoms with van der Waals surface area (Å²) in [6.45, 7) is 4.33. The van der Waals surface area contributed by atoms with E-state index in [9.17, 15) is 0 Å². The highest BCUT2D eigenvalue weighted by atomic mass is 15.1. The quantitative estimate of drug-likeness (QED) is 0.464. The van der Waals surface area contributed by atoms with E-state index in [-0.39, 0.29) is 0 Å². The average Bonchev–Trinajstić information content (AvgIpc) is 3.13. The van der Waals surface area contributed by atoms with Crippen LogP contribution in [0.2, 0.25) is 0 Å². The molecule has 0 saturated carbocycles. The van der Waals surface area contributed by atoms with Gasteiger partial charge in [-0.3, -0.25) is 4.57 Å². The Morgan fingerprint density at radius 1 is 0.680 bits per heavy atom. The van der Waals surface area contributed by atoms with Crippen molar-refractivity contribution in [3.05, 3.63) is 96.3 Å². The van der Waals surface area contributed by atoms with Crippen LogP contribution in [0.4, 0.5) is 0 Å². The fraction of sp³-hybridized carbons (Fsp3) is 0.0870. The summed E-state index contributed by atoms with van der Waals surface area (Å²) in [5.41, 5.74) is 7.42. The van der Waals surface area contributed by atoms with Crippen molar-refractivity contribution >= 4 is 0 Å². The number of hydrogen-bond acceptors (Lipinski definition) is 1. The Hall–Kier alpha value is -3.13. The lowest BCUT2D eigenvalue weighted by molar-refractivity contribution is 1.07. The highest BCUT2D eigenvalue weighted by molar-refractivity contribution is 5.71. The lowest BCUT2D eigenvalue weighted by Crippen LogP contribution is -1.96. The number of aromatic nitrogens is 2. The maximum absolute atomic E-state index is 4.53. The number of benzene rings is 3. The molecule has 0 amide bonds. The van der Waals surface area contributed by atoms with E-state index in [1.165, 1.54) is 22.3 Å². The summed E-state index contributed by atoms with van der Waals surface area (Å²) >= 11 is 0. The molecule has 122 valence electrons. The maximum Gasteiger partial charge on any atom is 0.144 e. The second-order valence-electron chi connectivity index (χ2n) is 6.30. The zero-order valence-corrected chi connectivity index (χ0v) is 14.5. The molecule has 0 bridgehead atoms. The van der Waals surface area contributed by atoms with Gasteiger partial charge in [0.15, 0.2) is 0 Å². The number of rotatable bonds is 3.